The van der Waals surface area contributed by atoms with E-state index in [2.05, 4.69) is 266 Å². The van der Waals surface area contributed by atoms with Gasteiger partial charge in [-0.1, -0.05) is 184 Å². The highest BCUT2D eigenvalue weighted by Crippen LogP contribution is 2.51. The van der Waals surface area contributed by atoms with E-state index in [4.69, 9.17) is 0 Å². The molecule has 2 heteroatoms. The minimum absolute atomic E-state index is 0.104. The van der Waals surface area contributed by atoms with Gasteiger partial charge < -0.3 is 9.47 Å². The van der Waals surface area contributed by atoms with Gasteiger partial charge in [0, 0.05) is 38.9 Å². The third-order valence-corrected chi connectivity index (χ3v) is 13.6. The Kier molecular flexibility index (Phi) is 9.21. The van der Waals surface area contributed by atoms with Gasteiger partial charge >= 0.3 is 0 Å². The van der Waals surface area contributed by atoms with Crippen molar-refractivity contribution < 1.29 is 0 Å². The van der Waals surface area contributed by atoms with Gasteiger partial charge in [0.05, 0.1) is 11.0 Å². The molecule has 65 heavy (non-hydrogen) atoms. The van der Waals surface area contributed by atoms with Gasteiger partial charge in [-0.05, 0) is 140 Å². The third-order valence-electron chi connectivity index (χ3n) is 13.6. The number of hydrogen-bond acceptors (Lipinski definition) is 1. The normalized spacial score (nSPS) is 12.6. The molecule has 1 aliphatic carbocycles. The Morgan fingerprint density at radius 1 is 0.308 bits per heavy atom. The molecule has 0 saturated carbocycles. The summed E-state index contributed by atoms with van der Waals surface area (Å²) in [7, 11) is 0. The minimum atomic E-state index is -0.104. The molecule has 12 rings (SSSR count). The highest BCUT2D eigenvalue weighted by molar-refractivity contribution is 6.12. The fraction of sp³-hybridized carbons (Fsp3) is 0.0476. The maximum absolute atomic E-state index is 2.47. The van der Waals surface area contributed by atoms with Gasteiger partial charge in [-0.2, -0.15) is 0 Å². The summed E-state index contributed by atoms with van der Waals surface area (Å²) < 4.78 is 2.47. The number of hydrogen-bond donors (Lipinski definition) is 0. The van der Waals surface area contributed by atoms with E-state index in [0.717, 1.165) is 22.7 Å². The summed E-state index contributed by atoms with van der Waals surface area (Å²) >= 11 is 0. The second kappa shape index (κ2) is 15.6. The van der Waals surface area contributed by atoms with Gasteiger partial charge in [-0.3, -0.25) is 0 Å². The lowest BCUT2D eigenvalue weighted by molar-refractivity contribution is 0.661. The zero-order valence-electron chi connectivity index (χ0n) is 36.5. The number of nitrogens with zero attached hydrogens (tertiary/aromatic N) is 2. The van der Waals surface area contributed by atoms with Crippen LogP contribution in [0.25, 0.3) is 83.1 Å². The van der Waals surface area contributed by atoms with Crippen LogP contribution in [0.5, 0.6) is 0 Å². The monoisotopic (exact) mass is 830 g/mol. The maximum Gasteiger partial charge on any atom is 0.0544 e. The van der Waals surface area contributed by atoms with E-state index in [9.17, 15) is 0 Å². The van der Waals surface area contributed by atoms with Crippen LogP contribution in [0.2, 0.25) is 0 Å². The van der Waals surface area contributed by atoms with Crippen molar-refractivity contribution in [2.75, 3.05) is 4.90 Å². The van der Waals surface area contributed by atoms with Crippen molar-refractivity contribution in [2.24, 2.45) is 0 Å². The van der Waals surface area contributed by atoms with E-state index in [-0.39, 0.29) is 5.41 Å². The first-order chi connectivity index (χ1) is 32.0. The van der Waals surface area contributed by atoms with Gasteiger partial charge in [-0.15, -0.1) is 0 Å². The molecule has 1 aliphatic rings. The van der Waals surface area contributed by atoms with Crippen molar-refractivity contribution in [1.82, 2.24) is 4.57 Å². The van der Waals surface area contributed by atoms with Crippen LogP contribution in [-0.2, 0) is 5.41 Å². The van der Waals surface area contributed by atoms with Crippen molar-refractivity contribution in [1.29, 1.82) is 0 Å². The first-order valence-corrected chi connectivity index (χ1v) is 22.6. The molecule has 0 fully saturated rings. The van der Waals surface area contributed by atoms with Crippen LogP contribution in [-0.4, -0.2) is 4.57 Å². The van der Waals surface area contributed by atoms with Crippen LogP contribution in [0.4, 0.5) is 17.1 Å². The minimum Gasteiger partial charge on any atom is -0.311 e. The molecule has 10 aromatic carbocycles. The lowest BCUT2D eigenvalue weighted by Crippen LogP contribution is -2.14. The Morgan fingerprint density at radius 3 is 1.22 bits per heavy atom. The summed E-state index contributed by atoms with van der Waals surface area (Å²) in [6.07, 6.45) is 0. The maximum atomic E-state index is 2.47. The van der Waals surface area contributed by atoms with Crippen molar-refractivity contribution in [2.45, 2.75) is 19.3 Å². The molecule has 0 N–H and O–H groups in total. The molecule has 0 radical (unpaired) electrons. The van der Waals surface area contributed by atoms with Gasteiger partial charge in [0.15, 0.2) is 0 Å². The van der Waals surface area contributed by atoms with E-state index in [0.29, 0.717) is 0 Å². The molecule has 0 aliphatic heterocycles. The zero-order valence-corrected chi connectivity index (χ0v) is 36.5. The number of benzene rings is 10. The Bertz CT molecular complexity index is 3410. The molecule has 0 unspecified atom stereocenters. The topological polar surface area (TPSA) is 8.17 Å². The molecule has 0 amide bonds. The summed E-state index contributed by atoms with van der Waals surface area (Å²) in [5, 5.41) is 2.51. The molecule has 0 bridgehead atoms. The molecule has 1 heterocycles. The smallest absolute Gasteiger partial charge is 0.0544 e. The van der Waals surface area contributed by atoms with E-state index >= 15 is 0 Å². The van der Waals surface area contributed by atoms with Crippen molar-refractivity contribution in [3.05, 3.63) is 254 Å². The van der Waals surface area contributed by atoms with E-state index < -0.39 is 0 Å². The first kappa shape index (κ1) is 38.5. The second-order valence-corrected chi connectivity index (χ2v) is 17.8. The van der Waals surface area contributed by atoms with Gasteiger partial charge in [0.2, 0.25) is 0 Å². The van der Waals surface area contributed by atoms with Crippen LogP contribution in [0.3, 0.4) is 0 Å². The molecule has 2 nitrogen and oxygen atoms in total. The average molecular weight is 831 g/mol. The zero-order chi connectivity index (χ0) is 43.5. The van der Waals surface area contributed by atoms with E-state index in [1.54, 1.807) is 0 Å². The Balaban J connectivity index is 0.962. The predicted octanol–water partition coefficient (Wildman–Crippen LogP) is 17.2. The van der Waals surface area contributed by atoms with Gasteiger partial charge in [0.1, 0.15) is 0 Å². The standard InChI is InChI=1S/C63H46N2/c1-63(2)59-21-13-12-20-55(59)56-41-58-57-40-50(30-39-61(57)65(62(58)42-60(56)63)54-37-26-48(27-38-54)45-18-10-5-11-19-45)49-28-35-53(36-29-49)64(51-31-22-46(23-32-51)43-14-6-3-7-15-43)52-33-24-47(25-34-52)44-16-8-4-9-17-44/h3-42H,1-2H3. The molecule has 1 aromatic heterocycles. The SMILES string of the molecule is CC1(C)c2ccccc2-c2cc3c4cc(-c5ccc(N(c6ccc(-c7ccccc7)cc6)c6ccc(-c7ccccc7)cc6)cc5)ccc4n(-c4ccc(-c5ccccc5)cc4)c3cc21. The molecule has 11 aromatic rings. The van der Waals surface area contributed by atoms with Crippen LogP contribution in [0.1, 0.15) is 25.0 Å². The van der Waals surface area contributed by atoms with Crippen LogP contribution < -0.4 is 4.90 Å². The molecule has 0 spiro atoms. The lowest BCUT2D eigenvalue weighted by atomic mass is 9.82. The number of rotatable bonds is 8. The highest BCUT2D eigenvalue weighted by atomic mass is 15.1. The summed E-state index contributed by atoms with van der Waals surface area (Å²) in [4.78, 5) is 2.35. The van der Waals surface area contributed by atoms with Crippen LogP contribution >= 0.6 is 0 Å². The van der Waals surface area contributed by atoms with Crippen LogP contribution in [0.15, 0.2) is 243 Å². The summed E-state index contributed by atoms with van der Waals surface area (Å²) in [5.74, 6) is 0. The summed E-state index contributed by atoms with van der Waals surface area (Å²) in [6.45, 7) is 4.74. The average Bonchev–Trinajstić information content (AvgIpc) is 3.81. The lowest BCUT2D eigenvalue weighted by Gasteiger charge is -2.26. The highest BCUT2D eigenvalue weighted by Gasteiger charge is 2.36. The fourth-order valence-corrected chi connectivity index (χ4v) is 10.2. The van der Waals surface area contributed by atoms with E-state index in [1.165, 1.54) is 88.6 Å². The summed E-state index contributed by atoms with van der Waals surface area (Å²) in [5.41, 5.74) is 21.8. The number of aromatic nitrogens is 1. The van der Waals surface area contributed by atoms with Crippen LogP contribution in [0, 0.1) is 0 Å². The molecule has 308 valence electrons. The number of anilines is 3. The summed E-state index contributed by atoms with van der Waals surface area (Å²) in [6, 6.07) is 88.7. The predicted molar refractivity (Wildman–Crippen MR) is 275 cm³/mol. The number of fused-ring (bicyclic) bond motifs is 6. The largest absolute Gasteiger partial charge is 0.311 e. The Hall–Kier alpha value is -8.20. The quantitative estimate of drug-likeness (QED) is 0.148. The van der Waals surface area contributed by atoms with Crippen molar-refractivity contribution in [3.63, 3.8) is 0 Å². The Morgan fingerprint density at radius 2 is 0.708 bits per heavy atom. The molecule has 0 atom stereocenters. The van der Waals surface area contributed by atoms with Crippen molar-refractivity contribution >= 4 is 38.9 Å². The second-order valence-electron chi connectivity index (χ2n) is 17.8. The third kappa shape index (κ3) is 6.65. The van der Waals surface area contributed by atoms with E-state index in [1.807, 2.05) is 0 Å². The van der Waals surface area contributed by atoms with Gasteiger partial charge in [-0.25, -0.2) is 0 Å². The molecular formula is C63H46N2. The molecular weight excluding hydrogens is 785 g/mol. The van der Waals surface area contributed by atoms with Crippen molar-refractivity contribution in [3.8, 4) is 61.3 Å². The van der Waals surface area contributed by atoms with Gasteiger partial charge in [0.25, 0.3) is 0 Å². The Labute approximate surface area is 381 Å². The molecule has 0 saturated heterocycles. The first-order valence-electron chi connectivity index (χ1n) is 22.6. The fourth-order valence-electron chi connectivity index (χ4n) is 10.2.